The molecule has 2 N–H and O–H groups in total. The van der Waals surface area contributed by atoms with Crippen LogP contribution in [0.3, 0.4) is 0 Å². The lowest BCUT2D eigenvalue weighted by Crippen LogP contribution is -2.39. The Labute approximate surface area is 147 Å². The minimum Gasteiger partial charge on any atom is -0.423 e. The van der Waals surface area contributed by atoms with Gasteiger partial charge < -0.3 is 15.1 Å². The minimum atomic E-state index is -0.328. The lowest BCUT2D eigenvalue weighted by Gasteiger charge is -2.29. The summed E-state index contributed by atoms with van der Waals surface area (Å²) in [6, 6.07) is 7.69. The summed E-state index contributed by atoms with van der Waals surface area (Å²) in [4.78, 5) is 11.5. The molecule has 0 aliphatic heterocycles. The van der Waals surface area contributed by atoms with Crippen molar-refractivity contribution in [3.05, 3.63) is 40.2 Å². The largest absolute Gasteiger partial charge is 0.423 e. The Morgan fingerprint density at radius 1 is 1.25 bits per heavy atom. The number of anilines is 1. The molecule has 1 aromatic carbocycles. The van der Waals surface area contributed by atoms with Crippen LogP contribution in [0.2, 0.25) is 0 Å². The third-order valence-electron chi connectivity index (χ3n) is 4.97. The smallest absolute Gasteiger partial charge is 0.336 e. The van der Waals surface area contributed by atoms with Crippen molar-refractivity contribution in [2.24, 2.45) is 5.92 Å². The number of aryl methyl sites for hydroxylation is 1. The monoisotopic (exact) mass is 344 g/mol. The zero-order chi connectivity index (χ0) is 17.1. The molecule has 1 fully saturated rings. The molecule has 0 unspecified atom stereocenters. The predicted octanol–water partition coefficient (Wildman–Crippen LogP) is 4.36. The first kappa shape index (κ1) is 17.0. The fourth-order valence-corrected chi connectivity index (χ4v) is 3.75. The molecule has 0 radical (unpaired) electrons. The van der Waals surface area contributed by atoms with Crippen LogP contribution in [0.4, 0.5) is 5.69 Å². The van der Waals surface area contributed by atoms with Crippen molar-refractivity contribution in [3.8, 4) is 0 Å². The van der Waals surface area contributed by atoms with Crippen LogP contribution in [0, 0.1) is 12.8 Å². The lowest BCUT2D eigenvalue weighted by molar-refractivity contribution is 0.306. The van der Waals surface area contributed by atoms with Crippen LogP contribution >= 0.6 is 12.2 Å². The number of thiocarbonyl (C=S) groups is 1. The number of fused-ring (bicyclic) bond motifs is 1. The standard InChI is InChI=1S/C19H24N2O2S/c1-3-13-4-6-14(7-5-13)20-19(24)21-15-8-9-16-12(2)10-18(22)23-17(16)11-15/h8-11,13-14H,3-7H2,1-2H3,(H2,20,21,24). The van der Waals surface area contributed by atoms with Gasteiger partial charge in [-0.25, -0.2) is 4.79 Å². The SMILES string of the molecule is CCC1CCC(NC(=S)Nc2ccc3c(C)cc(=O)oc3c2)CC1. The fraction of sp³-hybridized carbons (Fsp3) is 0.474. The molecule has 5 heteroatoms. The highest BCUT2D eigenvalue weighted by Crippen LogP contribution is 2.26. The predicted molar refractivity (Wildman–Crippen MR) is 103 cm³/mol. The Bertz CT molecular complexity index is 792. The van der Waals surface area contributed by atoms with Crippen LogP contribution < -0.4 is 16.3 Å². The highest BCUT2D eigenvalue weighted by molar-refractivity contribution is 7.80. The van der Waals surface area contributed by atoms with E-state index in [9.17, 15) is 4.79 Å². The van der Waals surface area contributed by atoms with Crippen molar-refractivity contribution in [2.45, 2.75) is 52.0 Å². The topological polar surface area (TPSA) is 54.3 Å². The van der Waals surface area contributed by atoms with E-state index < -0.39 is 0 Å². The summed E-state index contributed by atoms with van der Waals surface area (Å²) in [6.45, 7) is 4.18. The molecule has 1 aliphatic carbocycles. The van der Waals surface area contributed by atoms with Crippen molar-refractivity contribution in [3.63, 3.8) is 0 Å². The van der Waals surface area contributed by atoms with E-state index in [1.165, 1.54) is 38.2 Å². The van der Waals surface area contributed by atoms with E-state index in [1.807, 2.05) is 25.1 Å². The lowest BCUT2D eigenvalue weighted by atomic mass is 9.85. The van der Waals surface area contributed by atoms with Gasteiger partial charge in [0.1, 0.15) is 5.58 Å². The van der Waals surface area contributed by atoms with E-state index in [4.69, 9.17) is 16.6 Å². The summed E-state index contributed by atoms with van der Waals surface area (Å²) in [6.07, 6.45) is 6.17. The highest BCUT2D eigenvalue weighted by atomic mass is 32.1. The van der Waals surface area contributed by atoms with E-state index in [2.05, 4.69) is 17.6 Å². The molecular weight excluding hydrogens is 320 g/mol. The summed E-state index contributed by atoms with van der Waals surface area (Å²) in [5, 5.41) is 8.19. The summed E-state index contributed by atoms with van der Waals surface area (Å²) in [5.74, 6) is 0.871. The minimum absolute atomic E-state index is 0.328. The molecule has 1 aromatic heterocycles. The molecule has 0 amide bonds. The summed E-state index contributed by atoms with van der Waals surface area (Å²) < 4.78 is 5.28. The van der Waals surface area contributed by atoms with Gasteiger partial charge >= 0.3 is 5.63 Å². The Kier molecular flexibility index (Phi) is 5.19. The molecule has 1 aliphatic rings. The third-order valence-corrected chi connectivity index (χ3v) is 5.19. The number of benzene rings is 1. The van der Waals surface area contributed by atoms with Crippen LogP contribution in [-0.4, -0.2) is 11.2 Å². The number of nitrogens with one attached hydrogen (secondary N) is 2. The first-order valence-corrected chi connectivity index (χ1v) is 9.08. The highest BCUT2D eigenvalue weighted by Gasteiger charge is 2.20. The molecule has 0 bridgehead atoms. The Balaban J connectivity index is 1.64. The number of rotatable bonds is 3. The second kappa shape index (κ2) is 7.34. The van der Waals surface area contributed by atoms with Gasteiger partial charge in [0.2, 0.25) is 0 Å². The van der Waals surface area contributed by atoms with Crippen molar-refractivity contribution < 1.29 is 4.42 Å². The molecule has 128 valence electrons. The van der Waals surface area contributed by atoms with E-state index >= 15 is 0 Å². The van der Waals surface area contributed by atoms with Crippen LogP contribution in [0.5, 0.6) is 0 Å². The first-order valence-electron chi connectivity index (χ1n) is 8.67. The Hall–Kier alpha value is -1.88. The molecule has 0 saturated heterocycles. The zero-order valence-electron chi connectivity index (χ0n) is 14.2. The van der Waals surface area contributed by atoms with Crippen molar-refractivity contribution in [2.75, 3.05) is 5.32 Å². The van der Waals surface area contributed by atoms with Crippen LogP contribution in [-0.2, 0) is 0 Å². The molecule has 2 aromatic rings. The Morgan fingerprint density at radius 3 is 2.71 bits per heavy atom. The molecule has 0 spiro atoms. The summed E-state index contributed by atoms with van der Waals surface area (Å²) >= 11 is 5.43. The molecule has 4 nitrogen and oxygen atoms in total. The quantitative estimate of drug-likeness (QED) is 0.640. The van der Waals surface area contributed by atoms with Crippen molar-refractivity contribution in [1.82, 2.24) is 5.32 Å². The molecule has 3 rings (SSSR count). The zero-order valence-corrected chi connectivity index (χ0v) is 15.0. The molecular formula is C19H24N2O2S. The molecule has 24 heavy (non-hydrogen) atoms. The second-order valence-electron chi connectivity index (χ2n) is 6.68. The average molecular weight is 344 g/mol. The van der Waals surface area contributed by atoms with Crippen molar-refractivity contribution >= 4 is 34.0 Å². The summed E-state index contributed by atoms with van der Waals surface area (Å²) in [7, 11) is 0. The van der Waals surface area contributed by atoms with Gasteiger partial charge in [0.25, 0.3) is 0 Å². The molecule has 0 atom stereocenters. The van der Waals surface area contributed by atoms with Crippen LogP contribution in [0.25, 0.3) is 11.0 Å². The second-order valence-corrected chi connectivity index (χ2v) is 7.09. The van der Waals surface area contributed by atoms with E-state index in [0.717, 1.165) is 22.6 Å². The van der Waals surface area contributed by atoms with Gasteiger partial charge in [-0.3, -0.25) is 0 Å². The molecule has 1 saturated carbocycles. The van der Waals surface area contributed by atoms with E-state index in [1.54, 1.807) is 0 Å². The van der Waals surface area contributed by atoms with Crippen LogP contribution in [0.1, 0.15) is 44.6 Å². The van der Waals surface area contributed by atoms with Gasteiger partial charge in [-0.2, -0.15) is 0 Å². The van der Waals surface area contributed by atoms with E-state index in [-0.39, 0.29) is 5.63 Å². The van der Waals surface area contributed by atoms with Gasteiger partial charge in [-0.05, 0) is 68.4 Å². The number of hydrogen-bond donors (Lipinski definition) is 2. The van der Waals surface area contributed by atoms with Gasteiger partial charge in [0.05, 0.1) is 0 Å². The third kappa shape index (κ3) is 3.96. The maximum Gasteiger partial charge on any atom is 0.336 e. The van der Waals surface area contributed by atoms with Gasteiger partial charge in [0.15, 0.2) is 5.11 Å². The average Bonchev–Trinajstić information content (AvgIpc) is 2.55. The normalized spacial score (nSPS) is 20.8. The maximum atomic E-state index is 11.5. The number of hydrogen-bond acceptors (Lipinski definition) is 3. The van der Waals surface area contributed by atoms with Gasteiger partial charge in [-0.15, -0.1) is 0 Å². The van der Waals surface area contributed by atoms with Crippen molar-refractivity contribution in [1.29, 1.82) is 0 Å². The van der Waals surface area contributed by atoms with Gasteiger partial charge in [0, 0.05) is 29.2 Å². The summed E-state index contributed by atoms with van der Waals surface area (Å²) in [5.41, 5.74) is 2.00. The van der Waals surface area contributed by atoms with Crippen LogP contribution in [0.15, 0.2) is 33.5 Å². The Morgan fingerprint density at radius 2 is 2.00 bits per heavy atom. The molecule has 1 heterocycles. The van der Waals surface area contributed by atoms with E-state index in [0.29, 0.717) is 16.7 Å². The maximum absolute atomic E-state index is 11.5. The first-order chi connectivity index (χ1) is 11.5. The fourth-order valence-electron chi connectivity index (χ4n) is 3.47. The van der Waals surface area contributed by atoms with Gasteiger partial charge in [-0.1, -0.05) is 13.3 Å².